The molecular formula is C13H17FN4O2S2. The van der Waals surface area contributed by atoms with Crippen LogP contribution in [-0.2, 0) is 17.0 Å². The van der Waals surface area contributed by atoms with E-state index in [0.29, 0.717) is 19.4 Å². The van der Waals surface area contributed by atoms with Crippen LogP contribution >= 0.6 is 11.3 Å². The molecule has 1 aliphatic rings. The maximum absolute atomic E-state index is 12.9. The molecule has 0 unspecified atom stereocenters. The molecule has 0 aromatic carbocycles. The van der Waals surface area contributed by atoms with Crippen LogP contribution in [0.4, 0.5) is 3.89 Å². The average Bonchev–Trinajstić information content (AvgIpc) is 3.15. The first-order chi connectivity index (χ1) is 10.5. The Balaban J connectivity index is 1.56. The molecule has 0 amide bonds. The summed E-state index contributed by atoms with van der Waals surface area (Å²) >= 11 is 1.63. The zero-order chi connectivity index (χ0) is 15.6. The highest BCUT2D eigenvalue weighted by Crippen LogP contribution is 2.24. The number of thiophene rings is 1. The quantitative estimate of drug-likeness (QED) is 0.812. The molecule has 0 aliphatic carbocycles. The third-order valence-corrected chi connectivity index (χ3v) is 5.54. The minimum Gasteiger partial charge on any atom is -0.310 e. The van der Waals surface area contributed by atoms with Crippen LogP contribution in [0.25, 0.3) is 11.3 Å². The summed E-state index contributed by atoms with van der Waals surface area (Å²) in [6.45, 7) is 1.09. The molecule has 0 saturated carbocycles. The number of aromatic amines is 1. The van der Waals surface area contributed by atoms with Gasteiger partial charge in [-0.15, -0.1) is 0 Å². The Kier molecular flexibility index (Phi) is 4.57. The molecule has 0 radical (unpaired) electrons. The van der Waals surface area contributed by atoms with E-state index in [-0.39, 0.29) is 19.1 Å². The van der Waals surface area contributed by atoms with Gasteiger partial charge in [0.25, 0.3) is 0 Å². The van der Waals surface area contributed by atoms with Crippen LogP contribution in [0.3, 0.4) is 0 Å². The first-order valence-corrected chi connectivity index (χ1v) is 9.30. The van der Waals surface area contributed by atoms with Crippen molar-refractivity contribution in [2.75, 3.05) is 13.1 Å². The van der Waals surface area contributed by atoms with Crippen molar-refractivity contribution in [1.29, 1.82) is 0 Å². The minimum absolute atomic E-state index is 0.184. The topological polar surface area (TPSA) is 78.1 Å². The van der Waals surface area contributed by atoms with Crippen molar-refractivity contribution in [3.8, 4) is 11.3 Å². The summed E-state index contributed by atoms with van der Waals surface area (Å²) in [5.41, 5.74) is 3.18. The Morgan fingerprint density at radius 1 is 1.45 bits per heavy atom. The summed E-state index contributed by atoms with van der Waals surface area (Å²) in [6.07, 6.45) is 3.00. The zero-order valence-electron chi connectivity index (χ0n) is 11.8. The number of nitrogens with zero attached hydrogens (tertiary/aromatic N) is 2. The Morgan fingerprint density at radius 2 is 2.23 bits per heavy atom. The third kappa shape index (κ3) is 3.54. The van der Waals surface area contributed by atoms with Crippen molar-refractivity contribution in [3.05, 3.63) is 28.6 Å². The maximum atomic E-state index is 12.9. The predicted octanol–water partition coefficient (Wildman–Crippen LogP) is 1.91. The fraction of sp³-hybridized carbons (Fsp3) is 0.462. The summed E-state index contributed by atoms with van der Waals surface area (Å²) < 4.78 is 35.5. The van der Waals surface area contributed by atoms with Gasteiger partial charge >= 0.3 is 10.4 Å². The molecule has 3 rings (SSSR count). The predicted molar refractivity (Wildman–Crippen MR) is 83.4 cm³/mol. The van der Waals surface area contributed by atoms with Crippen molar-refractivity contribution in [2.45, 2.75) is 25.4 Å². The number of piperidine rings is 1. The van der Waals surface area contributed by atoms with Crippen LogP contribution in [-0.4, -0.2) is 42.1 Å². The highest BCUT2D eigenvalue weighted by Gasteiger charge is 2.27. The lowest BCUT2D eigenvalue weighted by Crippen LogP contribution is -2.43. The molecule has 1 saturated heterocycles. The third-order valence-electron chi connectivity index (χ3n) is 3.87. The highest BCUT2D eigenvalue weighted by atomic mass is 32.3. The molecule has 3 heterocycles. The van der Waals surface area contributed by atoms with Gasteiger partial charge in [-0.05, 0) is 24.3 Å². The minimum atomic E-state index is -4.55. The Bertz CT molecular complexity index is 706. The Morgan fingerprint density at radius 3 is 2.86 bits per heavy atom. The van der Waals surface area contributed by atoms with Crippen LogP contribution in [0.5, 0.6) is 0 Å². The van der Waals surface area contributed by atoms with E-state index in [2.05, 4.69) is 20.9 Å². The van der Waals surface area contributed by atoms with E-state index < -0.39 is 10.4 Å². The molecule has 2 aromatic heterocycles. The second-order valence-corrected chi connectivity index (χ2v) is 7.40. The van der Waals surface area contributed by atoms with E-state index in [4.69, 9.17) is 0 Å². The Hall–Kier alpha value is -1.29. The van der Waals surface area contributed by atoms with Gasteiger partial charge in [-0.2, -0.15) is 29.2 Å². The molecule has 9 heteroatoms. The van der Waals surface area contributed by atoms with E-state index >= 15 is 0 Å². The van der Waals surface area contributed by atoms with Crippen molar-refractivity contribution < 1.29 is 12.3 Å². The van der Waals surface area contributed by atoms with Gasteiger partial charge in [0.05, 0.1) is 11.9 Å². The molecule has 6 nitrogen and oxygen atoms in total. The van der Waals surface area contributed by atoms with Crippen LogP contribution in [0, 0.1) is 0 Å². The van der Waals surface area contributed by atoms with Gasteiger partial charge in [0.15, 0.2) is 0 Å². The first kappa shape index (κ1) is 15.6. The van der Waals surface area contributed by atoms with Gasteiger partial charge in [-0.1, -0.05) is 3.89 Å². The lowest BCUT2D eigenvalue weighted by Gasteiger charge is -2.29. The number of H-pyrrole nitrogens is 1. The number of rotatable bonds is 5. The molecule has 0 atom stereocenters. The summed E-state index contributed by atoms with van der Waals surface area (Å²) in [6, 6.07) is 2.22. The molecule has 2 N–H and O–H groups in total. The molecule has 1 fully saturated rings. The lowest BCUT2D eigenvalue weighted by atomic mass is 10.1. The number of nitrogens with one attached hydrogen (secondary N) is 2. The van der Waals surface area contributed by atoms with Gasteiger partial charge < -0.3 is 5.32 Å². The number of halogens is 1. The van der Waals surface area contributed by atoms with Gasteiger partial charge in [0.2, 0.25) is 0 Å². The van der Waals surface area contributed by atoms with Crippen LogP contribution in [0.15, 0.2) is 23.0 Å². The number of hydrogen-bond donors (Lipinski definition) is 2. The van der Waals surface area contributed by atoms with E-state index in [1.807, 2.05) is 11.4 Å². The molecular weight excluding hydrogens is 327 g/mol. The van der Waals surface area contributed by atoms with Crippen molar-refractivity contribution >= 4 is 21.7 Å². The summed E-state index contributed by atoms with van der Waals surface area (Å²) in [4.78, 5) is 0. The second-order valence-electron chi connectivity index (χ2n) is 5.28. The van der Waals surface area contributed by atoms with E-state index in [9.17, 15) is 12.3 Å². The second kappa shape index (κ2) is 6.45. The molecule has 1 aliphatic heterocycles. The monoisotopic (exact) mass is 344 g/mol. The van der Waals surface area contributed by atoms with E-state index in [0.717, 1.165) is 21.1 Å². The average molecular weight is 344 g/mol. The first-order valence-electron chi connectivity index (χ1n) is 7.02. The number of hydrogen-bond acceptors (Lipinski definition) is 5. The normalized spacial score (nSPS) is 17.9. The van der Waals surface area contributed by atoms with Crippen LogP contribution < -0.4 is 5.32 Å². The fourth-order valence-electron chi connectivity index (χ4n) is 2.63. The molecule has 22 heavy (non-hydrogen) atoms. The SMILES string of the molecule is O=S(=O)(F)N1CCC(NCc2cn[nH]c2-c2ccsc2)CC1. The fourth-order valence-corrected chi connectivity index (χ4v) is 3.93. The van der Waals surface area contributed by atoms with Crippen molar-refractivity contribution in [3.63, 3.8) is 0 Å². The largest absolute Gasteiger partial charge is 0.374 e. The van der Waals surface area contributed by atoms with Crippen LogP contribution in [0.1, 0.15) is 18.4 Å². The zero-order valence-corrected chi connectivity index (χ0v) is 13.5. The van der Waals surface area contributed by atoms with E-state index in [1.54, 1.807) is 17.5 Å². The molecule has 2 aromatic rings. The standard InChI is InChI=1S/C13H17FN4O2S2/c14-22(19,20)18-4-1-12(2-5-18)15-7-11-8-16-17-13(11)10-3-6-21-9-10/h3,6,8-9,12,15H,1-2,4-5,7H2,(H,16,17). The van der Waals surface area contributed by atoms with Crippen molar-refractivity contribution in [1.82, 2.24) is 19.8 Å². The smallest absolute Gasteiger partial charge is 0.310 e. The van der Waals surface area contributed by atoms with E-state index in [1.165, 1.54) is 0 Å². The van der Waals surface area contributed by atoms with Gasteiger partial charge in [0.1, 0.15) is 0 Å². The highest BCUT2D eigenvalue weighted by molar-refractivity contribution is 7.83. The summed E-state index contributed by atoms with van der Waals surface area (Å²) in [7, 11) is -4.55. The molecule has 0 bridgehead atoms. The molecule has 120 valence electrons. The summed E-state index contributed by atoms with van der Waals surface area (Å²) in [5, 5.41) is 14.6. The Labute approximate surface area is 132 Å². The van der Waals surface area contributed by atoms with Gasteiger partial charge in [0, 0.05) is 42.2 Å². The molecule has 0 spiro atoms. The maximum Gasteiger partial charge on any atom is 0.374 e. The van der Waals surface area contributed by atoms with Gasteiger partial charge in [-0.3, -0.25) is 5.10 Å². The lowest BCUT2D eigenvalue weighted by molar-refractivity contribution is 0.279. The van der Waals surface area contributed by atoms with Crippen LogP contribution in [0.2, 0.25) is 0 Å². The summed E-state index contributed by atoms with van der Waals surface area (Å²) in [5.74, 6) is 0. The van der Waals surface area contributed by atoms with Gasteiger partial charge in [-0.25, -0.2) is 0 Å². The number of aromatic nitrogens is 2. The van der Waals surface area contributed by atoms with Crippen molar-refractivity contribution in [2.24, 2.45) is 0 Å².